The number of carbonyl (C=O) groups is 1. The van der Waals surface area contributed by atoms with Crippen LogP contribution in [0.5, 0.6) is 0 Å². The van der Waals surface area contributed by atoms with Crippen molar-refractivity contribution in [3.8, 4) is 0 Å². The normalized spacial score (nSPS) is 16.5. The minimum Gasteiger partial charge on any atom is -0.352 e. The largest absolute Gasteiger partial charge is 0.352 e. The smallest absolute Gasteiger partial charge is 0.243 e. The van der Waals surface area contributed by atoms with Crippen molar-refractivity contribution in [2.45, 2.75) is 37.2 Å². The number of hydrogen-bond donors (Lipinski definition) is 1. The van der Waals surface area contributed by atoms with Gasteiger partial charge in [-0.3, -0.25) is 9.78 Å². The summed E-state index contributed by atoms with van der Waals surface area (Å²) in [7, 11) is -3.74. The highest BCUT2D eigenvalue weighted by atomic mass is 32.2. The summed E-state index contributed by atoms with van der Waals surface area (Å²) >= 11 is 0. The minimum atomic E-state index is -3.74. The van der Waals surface area contributed by atoms with Crippen molar-refractivity contribution in [1.82, 2.24) is 14.6 Å². The van der Waals surface area contributed by atoms with Gasteiger partial charge in [-0.2, -0.15) is 4.31 Å². The third-order valence-electron chi connectivity index (χ3n) is 5.58. The molecule has 7 heteroatoms. The highest BCUT2D eigenvalue weighted by molar-refractivity contribution is 7.89. The van der Waals surface area contributed by atoms with E-state index in [1.807, 2.05) is 43.3 Å². The molecule has 1 aromatic heterocycles. The Morgan fingerprint density at radius 2 is 1.87 bits per heavy atom. The van der Waals surface area contributed by atoms with Gasteiger partial charge in [-0.25, -0.2) is 8.42 Å². The first-order valence-corrected chi connectivity index (χ1v) is 11.7. The van der Waals surface area contributed by atoms with Gasteiger partial charge in [0.15, 0.2) is 0 Å². The second-order valence-corrected chi connectivity index (χ2v) is 9.63. The van der Waals surface area contributed by atoms with Crippen molar-refractivity contribution in [1.29, 1.82) is 0 Å². The van der Waals surface area contributed by atoms with E-state index in [4.69, 9.17) is 0 Å². The predicted molar refractivity (Wildman–Crippen MR) is 119 cm³/mol. The van der Waals surface area contributed by atoms with E-state index in [9.17, 15) is 13.2 Å². The molecule has 0 unspecified atom stereocenters. The number of nitrogens with one attached hydrogen (secondary N) is 1. The fraction of sp³-hybridized carbons (Fsp3) is 0.250. The molecule has 2 heterocycles. The molecule has 0 fully saturated rings. The molecule has 160 valence electrons. The Morgan fingerprint density at radius 3 is 2.61 bits per heavy atom. The van der Waals surface area contributed by atoms with Crippen LogP contribution in [0.2, 0.25) is 0 Å². The lowest BCUT2D eigenvalue weighted by Gasteiger charge is -2.36. The maximum absolute atomic E-state index is 13.5. The Bertz CT molecular complexity index is 1160. The molecule has 0 bridgehead atoms. The zero-order valence-corrected chi connectivity index (χ0v) is 18.2. The lowest BCUT2D eigenvalue weighted by molar-refractivity contribution is -0.122. The van der Waals surface area contributed by atoms with Gasteiger partial charge in [0.05, 0.1) is 10.9 Å². The zero-order chi connectivity index (χ0) is 21.8. The number of hydrogen-bond acceptors (Lipinski definition) is 4. The Hall–Kier alpha value is -3.03. The van der Waals surface area contributed by atoms with Crippen LogP contribution in [0.3, 0.4) is 0 Å². The predicted octanol–water partition coefficient (Wildman–Crippen LogP) is 3.38. The topological polar surface area (TPSA) is 79.4 Å². The van der Waals surface area contributed by atoms with E-state index in [0.717, 1.165) is 22.3 Å². The number of amides is 1. The minimum absolute atomic E-state index is 0.0579. The van der Waals surface area contributed by atoms with Crippen molar-refractivity contribution in [2.24, 2.45) is 0 Å². The maximum atomic E-state index is 13.5. The lowest BCUT2D eigenvalue weighted by atomic mass is 9.92. The molecule has 0 spiro atoms. The van der Waals surface area contributed by atoms with Crippen LogP contribution in [-0.4, -0.2) is 30.2 Å². The van der Waals surface area contributed by atoms with E-state index in [2.05, 4.69) is 10.3 Å². The van der Waals surface area contributed by atoms with E-state index < -0.39 is 16.1 Å². The monoisotopic (exact) mass is 435 g/mol. The van der Waals surface area contributed by atoms with Crippen LogP contribution >= 0.6 is 0 Å². The van der Waals surface area contributed by atoms with Gasteiger partial charge in [0.1, 0.15) is 0 Å². The average molecular weight is 436 g/mol. The van der Waals surface area contributed by atoms with Gasteiger partial charge in [0.25, 0.3) is 0 Å². The number of fused-ring (bicyclic) bond motifs is 1. The van der Waals surface area contributed by atoms with Gasteiger partial charge in [0.2, 0.25) is 15.9 Å². The summed E-state index contributed by atoms with van der Waals surface area (Å²) in [5.41, 5.74) is 3.86. The molecule has 1 amide bonds. The van der Waals surface area contributed by atoms with E-state index in [1.54, 1.807) is 36.7 Å². The Labute approximate surface area is 183 Å². The van der Waals surface area contributed by atoms with Crippen LogP contribution in [0.25, 0.3) is 0 Å². The molecule has 0 aliphatic carbocycles. The lowest BCUT2D eigenvalue weighted by Crippen LogP contribution is -2.42. The first-order valence-electron chi connectivity index (χ1n) is 10.3. The van der Waals surface area contributed by atoms with Crippen molar-refractivity contribution in [2.75, 3.05) is 6.54 Å². The number of pyridine rings is 1. The van der Waals surface area contributed by atoms with E-state index in [1.165, 1.54) is 4.31 Å². The third kappa shape index (κ3) is 4.68. The van der Waals surface area contributed by atoms with E-state index in [0.29, 0.717) is 19.5 Å². The fourth-order valence-electron chi connectivity index (χ4n) is 3.92. The maximum Gasteiger partial charge on any atom is 0.243 e. The highest BCUT2D eigenvalue weighted by Crippen LogP contribution is 2.36. The molecular formula is C24H25N3O3S. The van der Waals surface area contributed by atoms with Crippen LogP contribution in [0.15, 0.2) is 78.0 Å². The summed E-state index contributed by atoms with van der Waals surface area (Å²) in [5, 5.41) is 2.90. The first kappa shape index (κ1) is 21.2. The van der Waals surface area contributed by atoms with Crippen LogP contribution in [0.4, 0.5) is 0 Å². The molecule has 1 aliphatic rings. The first-order chi connectivity index (χ1) is 14.9. The molecule has 3 aromatic rings. The molecule has 1 aliphatic heterocycles. The van der Waals surface area contributed by atoms with Crippen LogP contribution < -0.4 is 5.32 Å². The standard InChI is InChI=1S/C24H25N3O3S/c1-18-8-10-21(11-9-18)31(29,30)27-14-12-20-6-2-3-7-22(20)23(27)15-24(28)26-17-19-5-4-13-25-16-19/h2-11,13,16,23H,12,14-15,17H2,1H3,(H,26,28)/t23-/m0/s1. The molecule has 2 aromatic carbocycles. The number of benzene rings is 2. The van der Waals surface area contributed by atoms with Gasteiger partial charge in [0, 0.05) is 31.9 Å². The molecule has 31 heavy (non-hydrogen) atoms. The third-order valence-corrected chi connectivity index (χ3v) is 7.50. The summed E-state index contributed by atoms with van der Waals surface area (Å²) in [6.45, 7) is 2.61. The molecule has 0 saturated heterocycles. The van der Waals surface area contributed by atoms with Gasteiger partial charge in [-0.1, -0.05) is 48.0 Å². The van der Waals surface area contributed by atoms with Gasteiger partial charge < -0.3 is 5.32 Å². The number of carbonyl (C=O) groups excluding carboxylic acids is 1. The van der Waals surface area contributed by atoms with Crippen LogP contribution in [0, 0.1) is 6.92 Å². The molecule has 1 N–H and O–H groups in total. The Morgan fingerprint density at radius 1 is 1.10 bits per heavy atom. The molecule has 1 atom stereocenters. The second kappa shape index (κ2) is 8.99. The van der Waals surface area contributed by atoms with Crippen molar-refractivity contribution >= 4 is 15.9 Å². The van der Waals surface area contributed by atoms with Crippen molar-refractivity contribution in [3.05, 3.63) is 95.3 Å². The van der Waals surface area contributed by atoms with Gasteiger partial charge in [-0.15, -0.1) is 0 Å². The quantitative estimate of drug-likeness (QED) is 0.644. The Balaban J connectivity index is 1.60. The highest BCUT2D eigenvalue weighted by Gasteiger charge is 2.37. The molecular weight excluding hydrogens is 410 g/mol. The van der Waals surface area contributed by atoms with Gasteiger partial charge in [-0.05, 0) is 48.2 Å². The summed E-state index contributed by atoms with van der Waals surface area (Å²) < 4.78 is 28.4. The second-order valence-electron chi connectivity index (χ2n) is 7.74. The summed E-state index contributed by atoms with van der Waals surface area (Å²) in [6, 6.07) is 17.8. The van der Waals surface area contributed by atoms with Crippen LogP contribution in [0.1, 0.15) is 34.7 Å². The van der Waals surface area contributed by atoms with Crippen molar-refractivity contribution in [3.63, 3.8) is 0 Å². The van der Waals surface area contributed by atoms with Crippen LogP contribution in [-0.2, 0) is 27.8 Å². The van der Waals surface area contributed by atoms with E-state index >= 15 is 0 Å². The number of aromatic nitrogens is 1. The average Bonchev–Trinajstić information content (AvgIpc) is 2.79. The SMILES string of the molecule is Cc1ccc(S(=O)(=O)N2CCc3ccccc3[C@@H]2CC(=O)NCc2cccnc2)cc1. The number of aryl methyl sites for hydroxylation is 1. The molecule has 4 rings (SSSR count). The number of sulfonamides is 1. The van der Waals surface area contributed by atoms with Crippen molar-refractivity contribution < 1.29 is 13.2 Å². The van der Waals surface area contributed by atoms with Gasteiger partial charge >= 0.3 is 0 Å². The molecule has 0 radical (unpaired) electrons. The van der Waals surface area contributed by atoms with E-state index in [-0.39, 0.29) is 17.2 Å². The summed E-state index contributed by atoms with van der Waals surface area (Å²) in [5.74, 6) is -0.199. The molecule has 6 nitrogen and oxygen atoms in total. The Kier molecular flexibility index (Phi) is 6.15. The fourth-order valence-corrected chi connectivity index (χ4v) is 5.53. The number of rotatable bonds is 6. The zero-order valence-electron chi connectivity index (χ0n) is 17.4. The molecule has 0 saturated carbocycles. The summed E-state index contributed by atoms with van der Waals surface area (Å²) in [4.78, 5) is 17.1. The number of nitrogens with zero attached hydrogens (tertiary/aromatic N) is 2. The summed E-state index contributed by atoms with van der Waals surface area (Å²) in [6.07, 6.45) is 4.06.